The van der Waals surface area contributed by atoms with E-state index in [1.807, 2.05) is 31.2 Å². The molecule has 1 aliphatic rings. The number of H-pyrrole nitrogens is 1. The van der Waals surface area contributed by atoms with Crippen molar-refractivity contribution in [2.75, 3.05) is 32.8 Å². The molecule has 0 radical (unpaired) electrons. The van der Waals surface area contributed by atoms with Gasteiger partial charge in [0.15, 0.2) is 0 Å². The number of aromatic nitrogens is 2. The quantitative estimate of drug-likeness (QED) is 0.928. The highest BCUT2D eigenvalue weighted by molar-refractivity contribution is 5.93. The van der Waals surface area contributed by atoms with Crippen molar-refractivity contribution in [2.24, 2.45) is 0 Å². The number of nitrogens with zero attached hydrogens (tertiary/aromatic N) is 3. The van der Waals surface area contributed by atoms with E-state index < -0.39 is 0 Å². The van der Waals surface area contributed by atoms with Gasteiger partial charge in [0.25, 0.3) is 5.91 Å². The molecule has 0 aliphatic carbocycles. The molecule has 25 heavy (non-hydrogen) atoms. The monoisotopic (exact) mass is 342 g/mol. The largest absolute Gasteiger partial charge is 0.450 e. The van der Waals surface area contributed by atoms with Gasteiger partial charge in [-0.3, -0.25) is 9.89 Å². The lowest BCUT2D eigenvalue weighted by atomic mass is 10.1. The number of carbonyl (C=O) groups is 2. The van der Waals surface area contributed by atoms with Crippen LogP contribution in [0.15, 0.2) is 30.3 Å². The van der Waals surface area contributed by atoms with Crippen LogP contribution in [-0.4, -0.2) is 64.8 Å². The van der Waals surface area contributed by atoms with E-state index in [2.05, 4.69) is 10.2 Å². The average molecular weight is 342 g/mol. The van der Waals surface area contributed by atoms with Crippen LogP contribution in [0.5, 0.6) is 0 Å². The number of ether oxygens (including phenoxy) is 1. The normalized spacial score (nSPS) is 14.5. The van der Waals surface area contributed by atoms with Gasteiger partial charge in [-0.05, 0) is 19.9 Å². The smallest absolute Gasteiger partial charge is 0.409 e. The molecule has 2 heterocycles. The third-order valence-electron chi connectivity index (χ3n) is 4.25. The maximum absolute atomic E-state index is 12.6. The van der Waals surface area contributed by atoms with E-state index in [1.165, 1.54) is 5.56 Å². The fraction of sp³-hybridized carbons (Fsp3) is 0.389. The van der Waals surface area contributed by atoms with Gasteiger partial charge < -0.3 is 14.5 Å². The Bertz CT molecular complexity index is 746. The second-order valence-electron chi connectivity index (χ2n) is 6.01. The SMILES string of the molecule is CCOC(=O)N1CCN(C(=O)c2cc(-c3ccc(C)cc3)n[nH]2)CC1. The molecule has 132 valence electrons. The van der Waals surface area contributed by atoms with E-state index in [0.717, 1.165) is 11.3 Å². The first kappa shape index (κ1) is 17.0. The predicted octanol–water partition coefficient (Wildman–Crippen LogP) is 2.30. The van der Waals surface area contributed by atoms with Crippen molar-refractivity contribution in [3.8, 4) is 11.3 Å². The fourth-order valence-corrected chi connectivity index (χ4v) is 2.78. The van der Waals surface area contributed by atoms with Crippen LogP contribution in [-0.2, 0) is 4.74 Å². The van der Waals surface area contributed by atoms with Gasteiger partial charge in [-0.2, -0.15) is 5.10 Å². The summed E-state index contributed by atoms with van der Waals surface area (Å²) in [6.07, 6.45) is -0.321. The highest BCUT2D eigenvalue weighted by atomic mass is 16.6. The highest BCUT2D eigenvalue weighted by Crippen LogP contribution is 2.19. The van der Waals surface area contributed by atoms with E-state index in [4.69, 9.17) is 4.74 Å². The summed E-state index contributed by atoms with van der Waals surface area (Å²) in [5, 5.41) is 7.07. The molecule has 0 atom stereocenters. The van der Waals surface area contributed by atoms with Gasteiger partial charge in [-0.25, -0.2) is 4.79 Å². The summed E-state index contributed by atoms with van der Waals surface area (Å²) in [7, 11) is 0. The molecule has 0 saturated carbocycles. The maximum atomic E-state index is 12.6. The van der Waals surface area contributed by atoms with Crippen LogP contribution in [0.1, 0.15) is 23.0 Å². The van der Waals surface area contributed by atoms with E-state index >= 15 is 0 Å². The molecule has 3 rings (SSSR count). The van der Waals surface area contributed by atoms with Gasteiger partial charge in [-0.1, -0.05) is 29.8 Å². The van der Waals surface area contributed by atoms with Crippen LogP contribution < -0.4 is 0 Å². The molecule has 2 aromatic rings. The second-order valence-corrected chi connectivity index (χ2v) is 6.01. The van der Waals surface area contributed by atoms with Crippen LogP contribution in [0.2, 0.25) is 0 Å². The number of nitrogens with one attached hydrogen (secondary N) is 1. The van der Waals surface area contributed by atoms with Gasteiger partial charge in [0, 0.05) is 31.7 Å². The Morgan fingerprint density at radius 1 is 1.12 bits per heavy atom. The minimum absolute atomic E-state index is 0.102. The number of amides is 2. The van der Waals surface area contributed by atoms with Crippen molar-refractivity contribution in [1.82, 2.24) is 20.0 Å². The van der Waals surface area contributed by atoms with Gasteiger partial charge in [-0.15, -0.1) is 0 Å². The lowest BCUT2D eigenvalue weighted by Crippen LogP contribution is -2.50. The Kier molecular flexibility index (Phi) is 5.02. The van der Waals surface area contributed by atoms with E-state index in [0.29, 0.717) is 38.5 Å². The Hall–Kier alpha value is -2.83. The Morgan fingerprint density at radius 3 is 2.40 bits per heavy atom. The molecular formula is C18H22N4O3. The van der Waals surface area contributed by atoms with Crippen molar-refractivity contribution in [1.29, 1.82) is 0 Å². The summed E-state index contributed by atoms with van der Waals surface area (Å²) >= 11 is 0. The number of benzene rings is 1. The van der Waals surface area contributed by atoms with Gasteiger partial charge >= 0.3 is 6.09 Å². The lowest BCUT2D eigenvalue weighted by molar-refractivity contribution is 0.0566. The lowest BCUT2D eigenvalue weighted by Gasteiger charge is -2.33. The minimum Gasteiger partial charge on any atom is -0.450 e. The number of rotatable bonds is 3. The highest BCUT2D eigenvalue weighted by Gasteiger charge is 2.26. The van der Waals surface area contributed by atoms with Gasteiger partial charge in [0.2, 0.25) is 0 Å². The fourth-order valence-electron chi connectivity index (χ4n) is 2.78. The van der Waals surface area contributed by atoms with Crippen molar-refractivity contribution >= 4 is 12.0 Å². The Balaban J connectivity index is 1.63. The summed E-state index contributed by atoms with van der Waals surface area (Å²) < 4.78 is 4.99. The van der Waals surface area contributed by atoms with Crippen LogP contribution >= 0.6 is 0 Å². The molecule has 1 aliphatic heterocycles. The molecule has 1 aromatic carbocycles. The van der Waals surface area contributed by atoms with Crippen molar-refractivity contribution in [3.63, 3.8) is 0 Å². The van der Waals surface area contributed by atoms with Gasteiger partial charge in [0.1, 0.15) is 5.69 Å². The number of piperazine rings is 1. The molecule has 1 saturated heterocycles. The third kappa shape index (κ3) is 3.81. The number of aryl methyl sites for hydroxylation is 1. The number of hydrogen-bond donors (Lipinski definition) is 1. The molecule has 1 fully saturated rings. The zero-order valence-corrected chi connectivity index (χ0v) is 14.5. The number of carbonyl (C=O) groups excluding carboxylic acids is 2. The summed E-state index contributed by atoms with van der Waals surface area (Å²) in [6.45, 7) is 6.08. The minimum atomic E-state index is -0.321. The zero-order valence-electron chi connectivity index (χ0n) is 14.5. The first-order valence-corrected chi connectivity index (χ1v) is 8.42. The molecule has 7 nitrogen and oxygen atoms in total. The second kappa shape index (κ2) is 7.38. The maximum Gasteiger partial charge on any atom is 0.409 e. The summed E-state index contributed by atoms with van der Waals surface area (Å²) in [6, 6.07) is 9.76. The first-order valence-electron chi connectivity index (χ1n) is 8.42. The van der Waals surface area contributed by atoms with Crippen LogP contribution in [0, 0.1) is 6.92 Å². The molecule has 0 spiro atoms. The summed E-state index contributed by atoms with van der Waals surface area (Å²) in [5.41, 5.74) is 3.34. The standard InChI is InChI=1S/C18H22N4O3/c1-3-25-18(24)22-10-8-21(9-11-22)17(23)16-12-15(19-20-16)14-6-4-13(2)5-7-14/h4-7,12H,3,8-11H2,1-2H3,(H,19,20). The van der Waals surface area contributed by atoms with Crippen LogP contribution in [0.4, 0.5) is 4.79 Å². The number of hydrogen-bond acceptors (Lipinski definition) is 4. The Labute approximate surface area is 146 Å². The molecule has 0 bridgehead atoms. The summed E-state index contributed by atoms with van der Waals surface area (Å²) in [4.78, 5) is 27.7. The van der Waals surface area contributed by atoms with E-state index in [9.17, 15) is 9.59 Å². The van der Waals surface area contributed by atoms with Crippen molar-refractivity contribution in [3.05, 3.63) is 41.6 Å². The topological polar surface area (TPSA) is 78.5 Å². The molecule has 1 N–H and O–H groups in total. The van der Waals surface area contributed by atoms with Crippen LogP contribution in [0.3, 0.4) is 0 Å². The third-order valence-corrected chi connectivity index (χ3v) is 4.25. The summed E-state index contributed by atoms with van der Waals surface area (Å²) in [5.74, 6) is -0.102. The number of aromatic amines is 1. The molecular weight excluding hydrogens is 320 g/mol. The molecule has 7 heteroatoms. The van der Waals surface area contributed by atoms with Crippen molar-refractivity contribution < 1.29 is 14.3 Å². The predicted molar refractivity (Wildman–Crippen MR) is 93.3 cm³/mol. The molecule has 2 amide bonds. The Morgan fingerprint density at radius 2 is 1.76 bits per heavy atom. The van der Waals surface area contributed by atoms with Crippen LogP contribution in [0.25, 0.3) is 11.3 Å². The molecule has 0 unspecified atom stereocenters. The zero-order chi connectivity index (χ0) is 17.8. The van der Waals surface area contributed by atoms with E-state index in [-0.39, 0.29) is 12.0 Å². The average Bonchev–Trinajstić information content (AvgIpc) is 3.12. The van der Waals surface area contributed by atoms with E-state index in [1.54, 1.807) is 22.8 Å². The van der Waals surface area contributed by atoms with Gasteiger partial charge in [0.05, 0.1) is 12.3 Å². The van der Waals surface area contributed by atoms with Crippen molar-refractivity contribution in [2.45, 2.75) is 13.8 Å². The first-order chi connectivity index (χ1) is 12.1. The molecule has 1 aromatic heterocycles.